The second kappa shape index (κ2) is 18.5. The summed E-state index contributed by atoms with van der Waals surface area (Å²) in [6.45, 7) is 6.47. The molecule has 16 nitrogen and oxygen atoms in total. The first-order valence-electron chi connectivity index (χ1n) is 7.49. The average molecular weight is 454 g/mol. The molecule has 0 aromatic carbocycles. The van der Waals surface area contributed by atoms with Gasteiger partial charge in [-0.1, -0.05) is 0 Å². The van der Waals surface area contributed by atoms with Gasteiger partial charge in [-0.2, -0.15) is 4.99 Å². The van der Waals surface area contributed by atoms with E-state index < -0.39 is 17.8 Å². The predicted molar refractivity (Wildman–Crippen MR) is 118 cm³/mol. The molecule has 0 aliphatic carbocycles. The van der Waals surface area contributed by atoms with Crippen molar-refractivity contribution >= 4 is 53.3 Å². The molecule has 0 saturated heterocycles. The summed E-state index contributed by atoms with van der Waals surface area (Å²) in [6, 6.07) is 0. The van der Waals surface area contributed by atoms with E-state index in [-0.39, 0.29) is 28.9 Å². The number of amides is 3. The molecule has 0 aromatic heterocycles. The number of carbonyl (C=O) groups is 3. The van der Waals surface area contributed by atoms with Gasteiger partial charge in [-0.15, -0.1) is 9.98 Å². The number of rotatable bonds is 0. The zero-order chi connectivity index (χ0) is 25.1. The molecular formula is C13H31N11O5S. The zero-order valence-electron chi connectivity index (χ0n) is 17.4. The number of aliphatic imine (C=N–C) groups is 3. The number of ether oxygens (including phenoxy) is 2. The number of methoxy groups -OCH3 is 1. The van der Waals surface area contributed by atoms with Gasteiger partial charge in [0.25, 0.3) is 0 Å². The van der Waals surface area contributed by atoms with Crippen LogP contribution < -0.4 is 45.9 Å². The van der Waals surface area contributed by atoms with Crippen LogP contribution in [0.5, 0.6) is 0 Å². The quantitative estimate of drug-likeness (QED) is 0.104. The third-order valence-electron chi connectivity index (χ3n) is 1.30. The van der Waals surface area contributed by atoms with Crippen molar-refractivity contribution in [2.75, 3.05) is 7.11 Å². The maximum atomic E-state index is 10.7. The number of guanidine groups is 3. The number of nitrogens with zero attached hydrogens (tertiary/aromatic N) is 3. The third-order valence-corrected chi connectivity index (χ3v) is 1.30. The van der Waals surface area contributed by atoms with E-state index in [4.69, 9.17) is 39.1 Å². The molecule has 0 atom stereocenters. The Labute approximate surface area is 179 Å². The fourth-order valence-electron chi connectivity index (χ4n) is 0.723. The Kier molecular flexibility index (Phi) is 20.7. The third kappa shape index (κ3) is 56.4. The number of carbonyl (C=O) groups excluding carboxylic acids is 3. The summed E-state index contributed by atoms with van der Waals surface area (Å²) < 4.78 is 8.84. The molecule has 0 unspecified atom stereocenters. The topological polar surface area (TPSA) is 315 Å². The van der Waals surface area contributed by atoms with Gasteiger partial charge < -0.3 is 55.3 Å². The van der Waals surface area contributed by atoms with Crippen molar-refractivity contribution in [3.8, 4) is 0 Å². The van der Waals surface area contributed by atoms with Crippen molar-refractivity contribution in [1.82, 2.24) is 0 Å². The van der Waals surface area contributed by atoms with E-state index in [0.717, 1.165) is 0 Å². The fraction of sp³-hybridized carbons (Fsp3) is 0.462. The molecule has 17 heteroatoms. The van der Waals surface area contributed by atoms with E-state index in [1.54, 1.807) is 20.8 Å². The molecule has 0 bridgehead atoms. The van der Waals surface area contributed by atoms with Crippen LogP contribution in [0.25, 0.3) is 0 Å². The summed E-state index contributed by atoms with van der Waals surface area (Å²) in [6.07, 6.45) is -1.55. The Balaban J connectivity index is -0.000000159. The zero-order valence-corrected chi connectivity index (χ0v) is 18.2. The smallest absolute Gasteiger partial charge is 0.437 e. The van der Waals surface area contributed by atoms with Crippen molar-refractivity contribution in [2.45, 2.75) is 33.3 Å². The lowest BCUT2D eigenvalue weighted by molar-refractivity contribution is -0.115. The molecule has 0 radical (unpaired) electrons. The molecular weight excluding hydrogens is 422 g/mol. The lowest BCUT2D eigenvalue weighted by Crippen LogP contribution is -2.27. The standard InChI is InChI=1S/C6H13N3O2.C3H7N3O2.C3H7N3O.CH4N2S/c1-6(2,3)11-5(10)9-4(7)8;1-8-3(7)6-2(4)5;1-2(7)6-3(4)5;2-1(3)4/h1-3H3,(H4,7,8,9,10);1H3,(H4,4,5,6,7);1H3,(H4,4,5,6,7);(H4,2,3,4). The van der Waals surface area contributed by atoms with Gasteiger partial charge in [-0.25, -0.2) is 9.59 Å². The molecule has 174 valence electrons. The summed E-state index contributed by atoms with van der Waals surface area (Å²) >= 11 is 4.09. The van der Waals surface area contributed by atoms with E-state index in [0.29, 0.717) is 0 Å². The van der Waals surface area contributed by atoms with Gasteiger partial charge in [0, 0.05) is 6.92 Å². The molecule has 0 saturated carbocycles. The largest absolute Gasteiger partial charge is 0.451 e. The van der Waals surface area contributed by atoms with Crippen molar-refractivity contribution in [1.29, 1.82) is 0 Å². The lowest BCUT2D eigenvalue weighted by Gasteiger charge is -2.17. The normalized spacial score (nSPS) is 8.43. The first-order valence-corrected chi connectivity index (χ1v) is 7.90. The van der Waals surface area contributed by atoms with Crippen LogP contribution in [0, 0.1) is 0 Å². The molecule has 0 fully saturated rings. The summed E-state index contributed by atoms with van der Waals surface area (Å²) in [5.41, 5.74) is 37.8. The lowest BCUT2D eigenvalue weighted by atomic mass is 10.2. The molecule has 16 N–H and O–H groups in total. The van der Waals surface area contributed by atoms with Crippen LogP contribution in [-0.4, -0.2) is 53.8 Å². The van der Waals surface area contributed by atoms with Crippen molar-refractivity contribution in [2.24, 2.45) is 60.8 Å². The number of hydrogen-bond acceptors (Lipinski definition) is 6. The second-order valence-corrected chi connectivity index (χ2v) is 5.95. The Bertz CT molecular complexity index is 640. The first-order chi connectivity index (χ1) is 13.3. The van der Waals surface area contributed by atoms with Crippen LogP contribution in [0.1, 0.15) is 27.7 Å². The van der Waals surface area contributed by atoms with Crippen LogP contribution in [0.2, 0.25) is 0 Å². The second-order valence-electron chi connectivity index (χ2n) is 5.48. The van der Waals surface area contributed by atoms with Crippen LogP contribution in [0.4, 0.5) is 9.59 Å². The van der Waals surface area contributed by atoms with Gasteiger partial charge in [0.05, 0.1) is 7.11 Å². The average Bonchev–Trinajstić information content (AvgIpc) is 2.42. The Morgan fingerprint density at radius 2 is 1.03 bits per heavy atom. The number of nitrogens with two attached hydrogens (primary N) is 8. The molecule has 3 amide bonds. The molecule has 0 aliphatic heterocycles. The Morgan fingerprint density at radius 3 is 1.17 bits per heavy atom. The minimum Gasteiger partial charge on any atom is -0.451 e. The molecule has 0 heterocycles. The highest BCUT2D eigenvalue weighted by Gasteiger charge is 2.15. The fourth-order valence-corrected chi connectivity index (χ4v) is 0.723. The van der Waals surface area contributed by atoms with Crippen LogP contribution in [0.3, 0.4) is 0 Å². The van der Waals surface area contributed by atoms with E-state index >= 15 is 0 Å². The number of hydrogen-bond donors (Lipinski definition) is 8. The first kappa shape index (κ1) is 33.7. The minimum atomic E-state index is -0.787. The SMILES string of the molecule is CC(=O)N=C(N)N.CC(C)(C)OC(=O)N=C(N)N.COC(=O)N=C(N)N.NC(N)=S. The van der Waals surface area contributed by atoms with E-state index in [1.165, 1.54) is 14.0 Å². The summed E-state index contributed by atoms with van der Waals surface area (Å²) in [7, 11) is 1.19. The van der Waals surface area contributed by atoms with Gasteiger partial charge in [-0.05, 0) is 33.0 Å². The van der Waals surface area contributed by atoms with Crippen molar-refractivity contribution < 1.29 is 23.9 Å². The highest BCUT2D eigenvalue weighted by molar-refractivity contribution is 7.80. The highest BCUT2D eigenvalue weighted by Crippen LogP contribution is 2.07. The maximum absolute atomic E-state index is 10.7. The van der Waals surface area contributed by atoms with Crippen molar-refractivity contribution in [3.05, 3.63) is 0 Å². The molecule has 0 aromatic rings. The Morgan fingerprint density at radius 1 is 0.733 bits per heavy atom. The molecule has 0 spiro atoms. The van der Waals surface area contributed by atoms with Gasteiger partial charge in [0.2, 0.25) is 5.91 Å². The Hall–Kier alpha value is -3.89. The molecule has 0 aliphatic rings. The van der Waals surface area contributed by atoms with Gasteiger partial charge in [0.15, 0.2) is 23.0 Å². The summed E-state index contributed by atoms with van der Waals surface area (Å²) in [5.74, 6) is -1.15. The summed E-state index contributed by atoms with van der Waals surface area (Å²) in [5, 5.41) is 0.000000000000000222. The van der Waals surface area contributed by atoms with Gasteiger partial charge in [0.1, 0.15) is 5.60 Å². The highest BCUT2D eigenvalue weighted by atomic mass is 32.1. The predicted octanol–water partition coefficient (Wildman–Crippen LogP) is -2.78. The van der Waals surface area contributed by atoms with Crippen molar-refractivity contribution in [3.63, 3.8) is 0 Å². The van der Waals surface area contributed by atoms with Crippen LogP contribution >= 0.6 is 12.2 Å². The monoisotopic (exact) mass is 453 g/mol. The molecule has 0 rings (SSSR count). The van der Waals surface area contributed by atoms with E-state index in [9.17, 15) is 14.4 Å². The minimum absolute atomic E-state index is 0.000000000000000222. The maximum Gasteiger partial charge on any atom is 0.437 e. The van der Waals surface area contributed by atoms with Crippen LogP contribution in [-0.2, 0) is 14.3 Å². The molecule has 30 heavy (non-hydrogen) atoms. The van der Waals surface area contributed by atoms with Gasteiger partial charge in [-0.3, -0.25) is 4.79 Å². The van der Waals surface area contributed by atoms with Gasteiger partial charge >= 0.3 is 12.2 Å². The van der Waals surface area contributed by atoms with Crippen LogP contribution in [0.15, 0.2) is 15.0 Å². The van der Waals surface area contributed by atoms with E-state index in [1.807, 2.05) is 0 Å². The van der Waals surface area contributed by atoms with E-state index in [2.05, 4.69) is 43.4 Å². The number of thiocarbonyl (C=S) groups is 1. The summed E-state index contributed by atoms with van der Waals surface area (Å²) in [4.78, 5) is 40.0.